The van der Waals surface area contributed by atoms with Gasteiger partial charge in [-0.15, -0.1) is 0 Å². The quantitative estimate of drug-likeness (QED) is 0.902. The fraction of sp³-hybridized carbons (Fsp3) is 0.389. The Hall–Kier alpha value is -2.63. The van der Waals surface area contributed by atoms with Crippen LogP contribution in [-0.4, -0.2) is 28.5 Å². The van der Waals surface area contributed by atoms with Gasteiger partial charge in [0.25, 0.3) is 0 Å². The van der Waals surface area contributed by atoms with Crippen molar-refractivity contribution in [2.75, 3.05) is 22.5 Å². The Balaban J connectivity index is 1.78. The summed E-state index contributed by atoms with van der Waals surface area (Å²) in [4.78, 5) is 22.7. The van der Waals surface area contributed by atoms with Crippen LogP contribution in [0.1, 0.15) is 30.2 Å². The Kier molecular flexibility index (Phi) is 4.38. The van der Waals surface area contributed by atoms with E-state index in [1.807, 2.05) is 43.0 Å². The second-order valence-electron chi connectivity index (χ2n) is 6.23. The third-order valence-corrected chi connectivity index (χ3v) is 4.40. The number of amides is 1. The summed E-state index contributed by atoms with van der Waals surface area (Å²) in [6.07, 6.45) is 1.26. The fourth-order valence-electron chi connectivity index (χ4n) is 3.13. The molecule has 0 spiro atoms. The molecule has 1 fully saturated rings. The number of aromatic nitrogens is 2. The number of anilines is 3. The van der Waals surface area contributed by atoms with E-state index in [4.69, 9.17) is 5.73 Å². The number of carbonyl (C=O) groups excluding carboxylic acids is 1. The van der Waals surface area contributed by atoms with Gasteiger partial charge in [-0.05, 0) is 32.4 Å². The van der Waals surface area contributed by atoms with E-state index in [1.54, 1.807) is 0 Å². The Labute approximate surface area is 142 Å². The number of nitrogen functional groups attached to an aromatic ring is 1. The molecule has 1 atom stereocenters. The molecule has 2 heterocycles. The Morgan fingerprint density at radius 1 is 1.25 bits per heavy atom. The van der Waals surface area contributed by atoms with Crippen LogP contribution in [0.15, 0.2) is 24.3 Å². The van der Waals surface area contributed by atoms with Gasteiger partial charge in [0, 0.05) is 29.9 Å². The summed E-state index contributed by atoms with van der Waals surface area (Å²) in [5.41, 5.74) is 9.82. The first-order valence-corrected chi connectivity index (χ1v) is 8.24. The molecule has 1 aliphatic rings. The van der Waals surface area contributed by atoms with E-state index in [-0.39, 0.29) is 17.9 Å². The Bertz CT molecular complexity index is 757. The van der Waals surface area contributed by atoms with E-state index >= 15 is 0 Å². The van der Waals surface area contributed by atoms with Gasteiger partial charge in [0.15, 0.2) is 0 Å². The van der Waals surface area contributed by atoms with Crippen molar-refractivity contribution in [2.24, 2.45) is 0 Å². The van der Waals surface area contributed by atoms with Crippen molar-refractivity contribution in [3.8, 4) is 0 Å². The molecule has 1 saturated heterocycles. The van der Waals surface area contributed by atoms with Gasteiger partial charge in [-0.1, -0.05) is 24.6 Å². The molecule has 6 nitrogen and oxygen atoms in total. The summed E-state index contributed by atoms with van der Waals surface area (Å²) < 4.78 is 0. The number of hydrogen-bond donors (Lipinski definition) is 2. The molecular weight excluding hydrogens is 302 g/mol. The third-order valence-electron chi connectivity index (χ3n) is 4.40. The predicted octanol–water partition coefficient (Wildman–Crippen LogP) is 2.46. The summed E-state index contributed by atoms with van der Waals surface area (Å²) in [6.45, 7) is 6.65. The van der Waals surface area contributed by atoms with Crippen molar-refractivity contribution in [3.63, 3.8) is 0 Å². The van der Waals surface area contributed by atoms with Crippen LogP contribution in [0.5, 0.6) is 0 Å². The SMILES string of the molecule is CCc1c(C)nc(N)nc1N[C@H]1CC(=O)N(c2ccc(C)cc2)C1. The maximum absolute atomic E-state index is 12.4. The molecule has 3 rings (SSSR count). The number of nitrogens with zero attached hydrogens (tertiary/aromatic N) is 3. The van der Waals surface area contributed by atoms with Gasteiger partial charge in [-0.25, -0.2) is 4.98 Å². The zero-order valence-corrected chi connectivity index (χ0v) is 14.3. The van der Waals surface area contributed by atoms with E-state index in [0.29, 0.717) is 13.0 Å². The highest BCUT2D eigenvalue weighted by molar-refractivity contribution is 5.96. The summed E-state index contributed by atoms with van der Waals surface area (Å²) in [5, 5.41) is 3.39. The van der Waals surface area contributed by atoms with Gasteiger partial charge in [-0.3, -0.25) is 4.79 Å². The molecule has 126 valence electrons. The number of nitrogens with one attached hydrogen (secondary N) is 1. The zero-order chi connectivity index (χ0) is 17.3. The lowest BCUT2D eigenvalue weighted by Gasteiger charge is -2.19. The molecular formula is C18H23N5O. The van der Waals surface area contributed by atoms with Crippen LogP contribution in [0, 0.1) is 13.8 Å². The Morgan fingerprint density at radius 3 is 2.62 bits per heavy atom. The lowest BCUT2D eigenvalue weighted by Crippen LogP contribution is -2.28. The molecule has 2 aromatic rings. The van der Waals surface area contributed by atoms with Crippen LogP contribution < -0.4 is 16.0 Å². The van der Waals surface area contributed by atoms with Gasteiger partial charge in [0.2, 0.25) is 11.9 Å². The zero-order valence-electron chi connectivity index (χ0n) is 14.3. The molecule has 0 unspecified atom stereocenters. The number of benzene rings is 1. The first-order chi connectivity index (χ1) is 11.5. The Morgan fingerprint density at radius 2 is 1.96 bits per heavy atom. The number of carbonyl (C=O) groups is 1. The van der Waals surface area contributed by atoms with E-state index < -0.39 is 0 Å². The van der Waals surface area contributed by atoms with Crippen LogP contribution in [-0.2, 0) is 11.2 Å². The molecule has 3 N–H and O–H groups in total. The highest BCUT2D eigenvalue weighted by Crippen LogP contribution is 2.25. The second kappa shape index (κ2) is 6.47. The molecule has 24 heavy (non-hydrogen) atoms. The molecule has 0 radical (unpaired) electrons. The highest BCUT2D eigenvalue weighted by Gasteiger charge is 2.31. The average Bonchev–Trinajstić information content (AvgIpc) is 2.88. The first kappa shape index (κ1) is 16.2. The maximum Gasteiger partial charge on any atom is 0.229 e. The van der Waals surface area contributed by atoms with Gasteiger partial charge in [0.05, 0.1) is 6.04 Å². The minimum atomic E-state index is 0.0119. The van der Waals surface area contributed by atoms with Gasteiger partial charge >= 0.3 is 0 Å². The van der Waals surface area contributed by atoms with Crippen molar-refractivity contribution >= 4 is 23.4 Å². The van der Waals surface area contributed by atoms with Crippen molar-refractivity contribution in [1.82, 2.24) is 9.97 Å². The van der Waals surface area contributed by atoms with Crippen molar-refractivity contribution in [3.05, 3.63) is 41.1 Å². The molecule has 0 bridgehead atoms. The lowest BCUT2D eigenvalue weighted by atomic mass is 10.1. The lowest BCUT2D eigenvalue weighted by molar-refractivity contribution is -0.117. The van der Waals surface area contributed by atoms with Crippen LogP contribution in [0.2, 0.25) is 0 Å². The van der Waals surface area contributed by atoms with Crippen molar-refractivity contribution < 1.29 is 4.79 Å². The van der Waals surface area contributed by atoms with Gasteiger partial charge in [-0.2, -0.15) is 4.98 Å². The summed E-state index contributed by atoms with van der Waals surface area (Å²) in [6, 6.07) is 8.03. The fourth-order valence-corrected chi connectivity index (χ4v) is 3.13. The van der Waals surface area contributed by atoms with Gasteiger partial charge < -0.3 is 16.0 Å². The molecule has 6 heteroatoms. The number of aryl methyl sites for hydroxylation is 2. The highest BCUT2D eigenvalue weighted by atomic mass is 16.2. The second-order valence-corrected chi connectivity index (χ2v) is 6.23. The molecule has 1 aromatic carbocycles. The average molecular weight is 325 g/mol. The van der Waals surface area contributed by atoms with Crippen LogP contribution >= 0.6 is 0 Å². The number of rotatable bonds is 4. The smallest absolute Gasteiger partial charge is 0.229 e. The summed E-state index contributed by atoms with van der Waals surface area (Å²) in [7, 11) is 0. The minimum Gasteiger partial charge on any atom is -0.368 e. The van der Waals surface area contributed by atoms with E-state index in [0.717, 1.165) is 29.2 Å². The predicted molar refractivity (Wildman–Crippen MR) is 96.1 cm³/mol. The molecule has 0 aliphatic carbocycles. The standard InChI is InChI=1S/C18H23N5O/c1-4-15-12(3)20-18(19)22-17(15)21-13-9-16(24)23(10-13)14-7-5-11(2)6-8-14/h5-8,13H,4,9-10H2,1-3H3,(H3,19,20,21,22)/t13-/m0/s1. The number of nitrogens with two attached hydrogens (primary N) is 1. The molecule has 1 aliphatic heterocycles. The van der Waals surface area contributed by atoms with Crippen LogP contribution in [0.25, 0.3) is 0 Å². The normalized spacial score (nSPS) is 17.4. The van der Waals surface area contributed by atoms with Crippen LogP contribution in [0.4, 0.5) is 17.5 Å². The first-order valence-electron chi connectivity index (χ1n) is 8.24. The van der Waals surface area contributed by atoms with E-state index in [1.165, 1.54) is 5.56 Å². The molecule has 0 saturated carbocycles. The topological polar surface area (TPSA) is 84.1 Å². The van der Waals surface area contributed by atoms with Crippen LogP contribution in [0.3, 0.4) is 0 Å². The molecule has 1 amide bonds. The largest absolute Gasteiger partial charge is 0.368 e. The molecule has 1 aromatic heterocycles. The van der Waals surface area contributed by atoms with Crippen molar-refractivity contribution in [2.45, 2.75) is 39.7 Å². The van der Waals surface area contributed by atoms with Gasteiger partial charge in [0.1, 0.15) is 5.82 Å². The maximum atomic E-state index is 12.4. The summed E-state index contributed by atoms with van der Waals surface area (Å²) in [5.74, 6) is 1.12. The summed E-state index contributed by atoms with van der Waals surface area (Å²) >= 11 is 0. The van der Waals surface area contributed by atoms with E-state index in [2.05, 4.69) is 22.2 Å². The third kappa shape index (κ3) is 3.18. The van der Waals surface area contributed by atoms with E-state index in [9.17, 15) is 4.79 Å². The monoisotopic (exact) mass is 325 g/mol. The number of hydrogen-bond acceptors (Lipinski definition) is 5. The minimum absolute atomic E-state index is 0.0119. The van der Waals surface area contributed by atoms with Crippen molar-refractivity contribution in [1.29, 1.82) is 0 Å².